The van der Waals surface area contributed by atoms with E-state index in [4.69, 9.17) is 4.98 Å². The first kappa shape index (κ1) is 25.6. The molecule has 3 aliphatic rings. The zero-order valence-electron chi connectivity index (χ0n) is 23.0. The van der Waals surface area contributed by atoms with E-state index in [1.54, 1.807) is 18.3 Å². The first-order valence-corrected chi connectivity index (χ1v) is 14.4. The number of para-hydroxylation sites is 1. The van der Waals surface area contributed by atoms with Gasteiger partial charge in [0.2, 0.25) is 5.95 Å². The predicted octanol–water partition coefficient (Wildman–Crippen LogP) is 4.47. The van der Waals surface area contributed by atoms with Gasteiger partial charge >= 0.3 is 0 Å². The van der Waals surface area contributed by atoms with Crippen LogP contribution in [0, 0.1) is 5.92 Å². The fourth-order valence-electron chi connectivity index (χ4n) is 6.15. The van der Waals surface area contributed by atoms with Gasteiger partial charge in [-0.25, -0.2) is 4.98 Å². The van der Waals surface area contributed by atoms with Gasteiger partial charge in [-0.05, 0) is 74.0 Å². The lowest BCUT2D eigenvalue weighted by Crippen LogP contribution is -2.43. The minimum absolute atomic E-state index is 0.103. The number of Topliss-reactive ketones (excluding diaryl/α,β-unsaturated/α-hetero) is 2. The molecule has 9 nitrogen and oxygen atoms in total. The van der Waals surface area contributed by atoms with Crippen LogP contribution in [0.3, 0.4) is 0 Å². The maximum Gasteiger partial charge on any atom is 0.263 e. The molecule has 208 valence electrons. The summed E-state index contributed by atoms with van der Waals surface area (Å²) >= 11 is 0. The Balaban J connectivity index is 1.29. The molecule has 2 aliphatic heterocycles. The zero-order valence-corrected chi connectivity index (χ0v) is 23.0. The van der Waals surface area contributed by atoms with Gasteiger partial charge in [-0.15, -0.1) is 0 Å². The average molecular weight is 549 g/mol. The fourth-order valence-corrected chi connectivity index (χ4v) is 6.15. The number of ketones is 2. The second-order valence-electron chi connectivity index (χ2n) is 11.4. The van der Waals surface area contributed by atoms with Crippen LogP contribution in [0.15, 0.2) is 65.6 Å². The predicted molar refractivity (Wildman–Crippen MR) is 159 cm³/mol. The van der Waals surface area contributed by atoms with Crippen molar-refractivity contribution in [1.29, 1.82) is 0 Å². The Bertz CT molecular complexity index is 1720. The van der Waals surface area contributed by atoms with Crippen molar-refractivity contribution >= 4 is 39.9 Å². The van der Waals surface area contributed by atoms with Gasteiger partial charge in [-0.1, -0.05) is 24.3 Å². The second kappa shape index (κ2) is 10.2. The van der Waals surface area contributed by atoms with Gasteiger partial charge in [0.05, 0.1) is 5.56 Å². The minimum atomic E-state index is -0.831. The summed E-state index contributed by atoms with van der Waals surface area (Å²) in [4.78, 5) is 52.1. The van der Waals surface area contributed by atoms with Crippen LogP contribution in [0.2, 0.25) is 0 Å². The molecule has 2 aromatic heterocycles. The molecule has 2 unspecified atom stereocenters. The molecule has 41 heavy (non-hydrogen) atoms. The standard InChI is InChI=1S/C32H32N6O3/c1-37-18-27(29(40)24-6-2-3-7-26(24)37)38-30-22(15-25(31(38)41)28(39)20-8-9-20)17-34-32(36-30)35-23-12-10-19(11-13-23)21-5-4-14-33-16-21/h2-3,6-7,10-13,15,17,20-21,27,33H,4-5,8-9,14,16,18H2,1H3,(H,34,35,36). The highest BCUT2D eigenvalue weighted by atomic mass is 16.2. The van der Waals surface area contributed by atoms with E-state index in [-0.39, 0.29) is 29.6 Å². The molecule has 0 radical (unpaired) electrons. The number of likely N-dealkylation sites (N-methyl/N-ethyl adjacent to an activating group) is 1. The number of carbonyl (C=O) groups excluding carboxylic acids is 2. The molecule has 4 aromatic rings. The number of anilines is 3. The van der Waals surface area contributed by atoms with Gasteiger partial charge in [-0.2, -0.15) is 4.98 Å². The number of nitrogens with zero attached hydrogens (tertiary/aromatic N) is 4. The van der Waals surface area contributed by atoms with E-state index < -0.39 is 11.6 Å². The minimum Gasteiger partial charge on any atom is -0.371 e. The number of aromatic nitrogens is 3. The topological polar surface area (TPSA) is 109 Å². The van der Waals surface area contributed by atoms with Crippen LogP contribution < -0.4 is 21.1 Å². The molecule has 1 saturated heterocycles. The summed E-state index contributed by atoms with van der Waals surface area (Å²) in [5, 5.41) is 7.27. The number of benzene rings is 2. The summed E-state index contributed by atoms with van der Waals surface area (Å²) in [6.45, 7) is 2.35. The third kappa shape index (κ3) is 4.70. The Labute approximate surface area is 237 Å². The Kier molecular flexibility index (Phi) is 6.38. The Morgan fingerprint density at radius 2 is 1.85 bits per heavy atom. The molecule has 1 aliphatic carbocycles. The van der Waals surface area contributed by atoms with Crippen molar-refractivity contribution in [1.82, 2.24) is 19.9 Å². The molecule has 7 rings (SSSR count). The van der Waals surface area contributed by atoms with Crippen molar-refractivity contribution in [2.24, 2.45) is 5.92 Å². The lowest BCUT2D eigenvalue weighted by molar-refractivity contribution is 0.0916. The van der Waals surface area contributed by atoms with E-state index in [0.717, 1.165) is 37.3 Å². The number of pyridine rings is 1. The molecule has 9 heteroatoms. The summed E-state index contributed by atoms with van der Waals surface area (Å²) in [5.41, 5.74) is 3.45. The van der Waals surface area contributed by atoms with Crippen LogP contribution in [0.5, 0.6) is 0 Å². The van der Waals surface area contributed by atoms with Gasteiger partial charge < -0.3 is 15.5 Å². The van der Waals surface area contributed by atoms with Crippen LogP contribution in [-0.4, -0.2) is 52.8 Å². The molecule has 0 bridgehead atoms. The highest BCUT2D eigenvalue weighted by Crippen LogP contribution is 2.34. The van der Waals surface area contributed by atoms with Crippen molar-refractivity contribution in [2.45, 2.75) is 37.6 Å². The molecule has 2 N–H and O–H groups in total. The van der Waals surface area contributed by atoms with Crippen molar-refractivity contribution in [3.63, 3.8) is 0 Å². The third-order valence-electron chi connectivity index (χ3n) is 8.56. The normalized spacial score (nSPS) is 20.6. The summed E-state index contributed by atoms with van der Waals surface area (Å²) in [7, 11) is 1.90. The van der Waals surface area contributed by atoms with E-state index in [9.17, 15) is 14.4 Å². The molecule has 2 atom stereocenters. The molecule has 2 aromatic carbocycles. The number of hydrogen-bond acceptors (Lipinski definition) is 8. The first-order valence-electron chi connectivity index (χ1n) is 14.4. The Morgan fingerprint density at radius 1 is 1.05 bits per heavy atom. The summed E-state index contributed by atoms with van der Waals surface area (Å²) in [6, 6.07) is 16.4. The van der Waals surface area contributed by atoms with Crippen LogP contribution >= 0.6 is 0 Å². The molecule has 2 fully saturated rings. The lowest BCUT2D eigenvalue weighted by atomic mass is 9.92. The van der Waals surface area contributed by atoms with Crippen molar-refractivity contribution < 1.29 is 9.59 Å². The van der Waals surface area contributed by atoms with Gasteiger partial charge in [-0.3, -0.25) is 19.0 Å². The maximum absolute atomic E-state index is 14.0. The molecule has 0 amide bonds. The number of carbonyl (C=O) groups is 2. The highest BCUT2D eigenvalue weighted by molar-refractivity contribution is 6.07. The van der Waals surface area contributed by atoms with Crippen LogP contribution in [0.25, 0.3) is 11.0 Å². The molecule has 1 saturated carbocycles. The summed E-state index contributed by atoms with van der Waals surface area (Å²) in [5.74, 6) is 0.356. The number of nitrogens with one attached hydrogen (secondary N) is 2. The van der Waals surface area contributed by atoms with E-state index in [0.29, 0.717) is 28.5 Å². The van der Waals surface area contributed by atoms with E-state index >= 15 is 0 Å². The number of fused-ring (bicyclic) bond motifs is 2. The molecular weight excluding hydrogens is 516 g/mol. The molecule has 4 heterocycles. The molecular formula is C32H32N6O3. The third-order valence-corrected chi connectivity index (χ3v) is 8.56. The van der Waals surface area contributed by atoms with Crippen LogP contribution in [0.1, 0.15) is 63.9 Å². The summed E-state index contributed by atoms with van der Waals surface area (Å²) < 4.78 is 1.42. The highest BCUT2D eigenvalue weighted by Gasteiger charge is 2.37. The second-order valence-corrected chi connectivity index (χ2v) is 11.4. The van der Waals surface area contributed by atoms with Crippen LogP contribution in [0.4, 0.5) is 17.3 Å². The van der Waals surface area contributed by atoms with E-state index in [2.05, 4.69) is 27.8 Å². The van der Waals surface area contributed by atoms with E-state index in [1.165, 1.54) is 23.0 Å². The monoisotopic (exact) mass is 548 g/mol. The van der Waals surface area contributed by atoms with Gasteiger partial charge in [0.15, 0.2) is 11.6 Å². The van der Waals surface area contributed by atoms with Crippen LogP contribution in [-0.2, 0) is 0 Å². The Hall–Kier alpha value is -4.37. The van der Waals surface area contributed by atoms with Crippen molar-refractivity contribution in [2.75, 3.05) is 36.9 Å². The number of piperidine rings is 1. The van der Waals surface area contributed by atoms with Gasteiger partial charge in [0.1, 0.15) is 11.7 Å². The summed E-state index contributed by atoms with van der Waals surface area (Å²) in [6.07, 6.45) is 5.54. The van der Waals surface area contributed by atoms with Gasteiger partial charge in [0.25, 0.3) is 5.56 Å². The van der Waals surface area contributed by atoms with Gasteiger partial charge in [0, 0.05) is 54.6 Å². The zero-order chi connectivity index (χ0) is 28.1. The fraction of sp³-hybridized carbons (Fsp3) is 0.344. The SMILES string of the molecule is CN1CC(n2c(=O)c(C(=O)C3CC3)cc3cnc(Nc4ccc(C5CCCNC5)cc4)nc32)C(=O)c2ccccc21. The number of rotatable bonds is 6. The van der Waals surface area contributed by atoms with E-state index in [1.807, 2.05) is 42.3 Å². The Morgan fingerprint density at radius 3 is 2.61 bits per heavy atom. The largest absolute Gasteiger partial charge is 0.371 e. The smallest absolute Gasteiger partial charge is 0.263 e. The number of hydrogen-bond donors (Lipinski definition) is 2. The quantitative estimate of drug-likeness (QED) is 0.340. The van der Waals surface area contributed by atoms with Crippen molar-refractivity contribution in [3.8, 4) is 0 Å². The average Bonchev–Trinajstić information content (AvgIpc) is 3.86. The molecule has 0 spiro atoms. The lowest BCUT2D eigenvalue weighted by Gasteiger charge is -2.33. The van der Waals surface area contributed by atoms with Crippen molar-refractivity contribution in [3.05, 3.63) is 87.8 Å². The first-order chi connectivity index (χ1) is 20.0. The maximum atomic E-state index is 14.0.